The van der Waals surface area contributed by atoms with Crippen LogP contribution in [0.3, 0.4) is 0 Å². The van der Waals surface area contributed by atoms with Crippen LogP contribution in [-0.4, -0.2) is 59.6 Å². The SMILES string of the molecule is C1N2CN3CN1CN(C2)C3.[Cl][Pt]([Cl])[Cl]. The van der Waals surface area contributed by atoms with Gasteiger partial charge in [0.25, 0.3) is 0 Å². The monoisotopic (exact) mass is 440 g/mol. The van der Waals surface area contributed by atoms with Crippen molar-refractivity contribution < 1.29 is 14.2 Å². The number of halogens is 3. The third-order valence-corrected chi connectivity index (χ3v) is 2.40. The summed E-state index contributed by atoms with van der Waals surface area (Å²) in [7, 11) is 14.9. The first-order chi connectivity index (χ1) is 6.63. The summed E-state index contributed by atoms with van der Waals surface area (Å²) in [5.74, 6) is 0. The van der Waals surface area contributed by atoms with Gasteiger partial charge in [0.1, 0.15) is 0 Å². The predicted octanol–water partition coefficient (Wildman–Crippen LogP) is 1.05. The maximum absolute atomic E-state index is 4.96. The van der Waals surface area contributed by atoms with E-state index in [1.165, 1.54) is 40.0 Å². The van der Waals surface area contributed by atoms with Crippen molar-refractivity contribution in [2.45, 2.75) is 0 Å². The Morgan fingerprint density at radius 3 is 0.857 bits per heavy atom. The zero-order valence-electron chi connectivity index (χ0n) is 7.48. The van der Waals surface area contributed by atoms with Crippen molar-refractivity contribution in [3.8, 4) is 0 Å². The summed E-state index contributed by atoms with van der Waals surface area (Å²) < 4.78 is 0. The normalized spacial score (nSPS) is 44.4. The third kappa shape index (κ3) is 3.19. The molecule has 4 saturated heterocycles. The van der Waals surface area contributed by atoms with Crippen LogP contribution in [0.4, 0.5) is 0 Å². The predicted molar refractivity (Wildman–Crippen MR) is 54.1 cm³/mol. The molecule has 0 atom stereocenters. The summed E-state index contributed by atoms with van der Waals surface area (Å²) in [6.07, 6.45) is 0. The van der Waals surface area contributed by atoms with E-state index >= 15 is 0 Å². The third-order valence-electron chi connectivity index (χ3n) is 2.40. The van der Waals surface area contributed by atoms with Crippen LogP contribution >= 0.6 is 28.3 Å². The fourth-order valence-electron chi connectivity index (χ4n) is 2.23. The first kappa shape index (κ1) is 11.9. The average Bonchev–Trinajstić information content (AvgIpc) is 1.98. The quantitative estimate of drug-likeness (QED) is 0.557. The van der Waals surface area contributed by atoms with Gasteiger partial charge in [-0.25, -0.2) is 0 Å². The molecule has 0 saturated carbocycles. The van der Waals surface area contributed by atoms with E-state index < -0.39 is 14.2 Å². The Morgan fingerprint density at radius 2 is 0.714 bits per heavy atom. The summed E-state index contributed by atoms with van der Waals surface area (Å²) in [4.78, 5) is 9.88. The van der Waals surface area contributed by atoms with Crippen molar-refractivity contribution in [2.75, 3.05) is 40.0 Å². The van der Waals surface area contributed by atoms with Gasteiger partial charge in [0.05, 0.1) is 40.0 Å². The van der Waals surface area contributed by atoms with E-state index in [2.05, 4.69) is 19.6 Å². The number of hydrogen-bond acceptors (Lipinski definition) is 4. The average molecular weight is 442 g/mol. The van der Waals surface area contributed by atoms with E-state index in [0.717, 1.165) is 0 Å². The van der Waals surface area contributed by atoms with E-state index in [-0.39, 0.29) is 0 Å². The van der Waals surface area contributed by atoms with E-state index in [0.29, 0.717) is 0 Å². The zero-order valence-corrected chi connectivity index (χ0v) is 12.0. The van der Waals surface area contributed by atoms with Crippen LogP contribution in [0.2, 0.25) is 0 Å². The molecule has 0 spiro atoms. The number of hydrogen-bond donors (Lipinski definition) is 0. The van der Waals surface area contributed by atoms with E-state index in [9.17, 15) is 0 Å². The van der Waals surface area contributed by atoms with Gasteiger partial charge in [0.2, 0.25) is 0 Å². The Hall–Kier alpha value is 1.40. The van der Waals surface area contributed by atoms with Gasteiger partial charge >= 0.3 is 42.4 Å². The molecule has 4 rings (SSSR count). The molecule has 0 aromatic heterocycles. The second-order valence-electron chi connectivity index (χ2n) is 3.67. The van der Waals surface area contributed by atoms with Gasteiger partial charge in [-0.05, 0) is 0 Å². The first-order valence-electron chi connectivity index (χ1n) is 4.15. The molecule has 4 heterocycles. The molecule has 8 heteroatoms. The minimum atomic E-state index is -1.85. The molecule has 4 aliphatic heterocycles. The molecular formula is C6H12Cl3N4Pt. The van der Waals surface area contributed by atoms with Crippen LogP contribution in [0.1, 0.15) is 0 Å². The molecule has 0 aromatic rings. The van der Waals surface area contributed by atoms with Crippen molar-refractivity contribution in [1.29, 1.82) is 0 Å². The molecular weight excluding hydrogens is 430 g/mol. The van der Waals surface area contributed by atoms with Crippen molar-refractivity contribution in [3.63, 3.8) is 0 Å². The molecule has 14 heavy (non-hydrogen) atoms. The van der Waals surface area contributed by atoms with Gasteiger partial charge < -0.3 is 0 Å². The summed E-state index contributed by atoms with van der Waals surface area (Å²) in [5.41, 5.74) is 0. The Labute approximate surface area is 102 Å². The van der Waals surface area contributed by atoms with Gasteiger partial charge in [-0.2, -0.15) is 0 Å². The Morgan fingerprint density at radius 1 is 0.571 bits per heavy atom. The molecule has 0 radical (unpaired) electrons. The van der Waals surface area contributed by atoms with Crippen LogP contribution in [0, 0.1) is 0 Å². The number of nitrogens with zero attached hydrogens (tertiary/aromatic N) is 4. The first-order valence-corrected chi connectivity index (χ1v) is 12.6. The van der Waals surface area contributed by atoms with E-state index in [1.807, 2.05) is 0 Å². The van der Waals surface area contributed by atoms with Gasteiger partial charge in [-0.1, -0.05) is 0 Å². The zero-order chi connectivity index (χ0) is 10.1. The van der Waals surface area contributed by atoms with Crippen LogP contribution in [0.15, 0.2) is 0 Å². The summed E-state index contributed by atoms with van der Waals surface area (Å²) in [6, 6.07) is 0. The van der Waals surface area contributed by atoms with Gasteiger partial charge in [0.15, 0.2) is 0 Å². The summed E-state index contributed by atoms with van der Waals surface area (Å²) in [6.45, 7) is 7.12. The molecule has 0 aliphatic carbocycles. The van der Waals surface area contributed by atoms with E-state index in [1.54, 1.807) is 0 Å². The molecule has 4 fully saturated rings. The van der Waals surface area contributed by atoms with Crippen LogP contribution in [0.5, 0.6) is 0 Å². The molecule has 4 bridgehead atoms. The standard InChI is InChI=1S/C6H12N4.3ClH.Pt/c1-7-2-9-4-8(1)5-10(3-7)6-9;;;;/h1-6H2;3*1H;/q;;;;+3/p-3. The maximum atomic E-state index is 4.96. The van der Waals surface area contributed by atoms with E-state index in [4.69, 9.17) is 28.3 Å². The van der Waals surface area contributed by atoms with Crippen LogP contribution in [-0.2, 0) is 14.2 Å². The van der Waals surface area contributed by atoms with Gasteiger partial charge in [0, 0.05) is 0 Å². The molecule has 87 valence electrons. The summed E-state index contributed by atoms with van der Waals surface area (Å²) >= 11 is -1.85. The second kappa shape index (κ2) is 5.15. The van der Waals surface area contributed by atoms with Crippen LogP contribution in [0.25, 0.3) is 0 Å². The Balaban J connectivity index is 0.000000165. The van der Waals surface area contributed by atoms with Gasteiger partial charge in [-0.15, -0.1) is 0 Å². The molecule has 4 nitrogen and oxygen atoms in total. The van der Waals surface area contributed by atoms with Crippen molar-refractivity contribution in [1.82, 2.24) is 19.6 Å². The molecule has 4 aliphatic rings. The van der Waals surface area contributed by atoms with Crippen molar-refractivity contribution in [3.05, 3.63) is 0 Å². The molecule has 0 unspecified atom stereocenters. The Kier molecular flexibility index (Phi) is 4.37. The molecule has 0 aromatic carbocycles. The number of rotatable bonds is 0. The minimum absolute atomic E-state index is 1.19. The van der Waals surface area contributed by atoms with Crippen LogP contribution < -0.4 is 0 Å². The summed E-state index contributed by atoms with van der Waals surface area (Å²) in [5, 5.41) is 0. The van der Waals surface area contributed by atoms with Crippen molar-refractivity contribution >= 4 is 28.3 Å². The topological polar surface area (TPSA) is 13.0 Å². The second-order valence-corrected chi connectivity index (χ2v) is 13.5. The van der Waals surface area contributed by atoms with Crippen molar-refractivity contribution in [2.24, 2.45) is 0 Å². The fraction of sp³-hybridized carbons (Fsp3) is 1.00. The fourth-order valence-corrected chi connectivity index (χ4v) is 2.23. The Bertz CT molecular complexity index is 146. The van der Waals surface area contributed by atoms with Gasteiger partial charge in [-0.3, -0.25) is 19.6 Å². The molecule has 0 amide bonds. The molecule has 0 N–H and O–H groups in total.